The van der Waals surface area contributed by atoms with Crippen LogP contribution in [0.3, 0.4) is 0 Å². The Morgan fingerprint density at radius 2 is 1.83 bits per heavy atom. The molecule has 0 radical (unpaired) electrons. The number of amides is 1. The number of aliphatic carboxylic acids is 1. The molecule has 0 saturated heterocycles. The lowest BCUT2D eigenvalue weighted by molar-refractivity contribution is -0.192. The van der Waals surface area contributed by atoms with Crippen LogP contribution >= 0.6 is 11.6 Å². The highest BCUT2D eigenvalue weighted by atomic mass is 35.5. The van der Waals surface area contributed by atoms with E-state index in [2.05, 4.69) is 16.5 Å². The summed E-state index contributed by atoms with van der Waals surface area (Å²) in [5.41, 5.74) is 8.12. The largest absolute Gasteiger partial charge is 0.490 e. The van der Waals surface area contributed by atoms with Crippen LogP contribution in [0.25, 0.3) is 11.0 Å². The van der Waals surface area contributed by atoms with Gasteiger partial charge in [0.05, 0.1) is 16.1 Å². The van der Waals surface area contributed by atoms with E-state index in [1.807, 2.05) is 48.3 Å². The van der Waals surface area contributed by atoms with Gasteiger partial charge < -0.3 is 25.0 Å². The molecule has 1 aromatic heterocycles. The number of nitrogens with zero attached hydrogens (tertiary/aromatic N) is 3. The number of carboxylic acid groups (broad SMARTS) is 1. The molecule has 1 heterocycles. The van der Waals surface area contributed by atoms with Crippen molar-refractivity contribution >= 4 is 40.5 Å². The second-order valence-electron chi connectivity index (χ2n) is 10.1. The van der Waals surface area contributed by atoms with Crippen molar-refractivity contribution < 1.29 is 32.6 Å². The molecule has 41 heavy (non-hydrogen) atoms. The molecule has 12 heteroatoms. The number of ether oxygens (including phenoxy) is 1. The summed E-state index contributed by atoms with van der Waals surface area (Å²) >= 11 is 6.27. The van der Waals surface area contributed by atoms with Gasteiger partial charge in [0, 0.05) is 31.6 Å². The Morgan fingerprint density at radius 1 is 1.17 bits per heavy atom. The van der Waals surface area contributed by atoms with Gasteiger partial charge in [0.15, 0.2) is 0 Å². The average molecular weight is 597 g/mol. The number of halogens is 4. The Kier molecular flexibility index (Phi) is 11.3. The van der Waals surface area contributed by atoms with E-state index >= 15 is 0 Å². The number of nitrogen functional groups attached to an aromatic ring is 1. The molecule has 224 valence electrons. The zero-order valence-corrected chi connectivity index (χ0v) is 23.9. The molecule has 1 amide bonds. The first-order valence-corrected chi connectivity index (χ1v) is 14.1. The zero-order chi connectivity index (χ0) is 30.2. The Balaban J connectivity index is 0.000000587. The van der Waals surface area contributed by atoms with Crippen molar-refractivity contribution in [1.29, 1.82) is 0 Å². The maximum Gasteiger partial charge on any atom is 0.490 e. The van der Waals surface area contributed by atoms with Gasteiger partial charge in [-0.15, -0.1) is 0 Å². The molecule has 1 unspecified atom stereocenters. The van der Waals surface area contributed by atoms with E-state index in [-0.39, 0.29) is 11.9 Å². The summed E-state index contributed by atoms with van der Waals surface area (Å²) in [4.78, 5) is 28.5. The lowest BCUT2D eigenvalue weighted by Crippen LogP contribution is -2.38. The Hall–Kier alpha value is -3.47. The topological polar surface area (TPSA) is 111 Å². The number of hydrogen-bond donors (Lipinski definition) is 2. The van der Waals surface area contributed by atoms with Gasteiger partial charge in [-0.2, -0.15) is 13.2 Å². The molecule has 2 aromatic carbocycles. The van der Waals surface area contributed by atoms with Gasteiger partial charge in [0.1, 0.15) is 11.5 Å². The lowest BCUT2D eigenvalue weighted by Gasteiger charge is -2.32. The van der Waals surface area contributed by atoms with Crippen LogP contribution in [0.1, 0.15) is 70.8 Å². The van der Waals surface area contributed by atoms with Crippen LogP contribution in [0.15, 0.2) is 42.5 Å². The van der Waals surface area contributed by atoms with E-state index in [0.717, 1.165) is 43.1 Å². The van der Waals surface area contributed by atoms with E-state index in [9.17, 15) is 18.0 Å². The monoisotopic (exact) mass is 596 g/mol. The van der Waals surface area contributed by atoms with Crippen molar-refractivity contribution in [3.05, 3.63) is 47.5 Å². The number of rotatable bonds is 9. The summed E-state index contributed by atoms with van der Waals surface area (Å²) in [5, 5.41) is 7.68. The minimum Gasteiger partial charge on any atom is -0.475 e. The molecule has 1 saturated carbocycles. The second-order valence-corrected chi connectivity index (χ2v) is 10.5. The summed E-state index contributed by atoms with van der Waals surface area (Å²) in [6.07, 6.45) is 4.03. The molecule has 0 spiro atoms. The molecule has 1 fully saturated rings. The number of imidazole rings is 1. The predicted octanol–water partition coefficient (Wildman–Crippen LogP) is 7.61. The molecule has 3 N–H and O–H groups in total. The fraction of sp³-hybridized carbons (Fsp3) is 0.483. The number of fused-ring (bicyclic) bond motifs is 1. The van der Waals surface area contributed by atoms with Crippen molar-refractivity contribution in [2.45, 2.75) is 83.0 Å². The van der Waals surface area contributed by atoms with Crippen molar-refractivity contribution in [3.63, 3.8) is 0 Å². The first kappa shape index (κ1) is 32.0. The van der Waals surface area contributed by atoms with Crippen LogP contribution < -0.4 is 10.5 Å². The quantitative estimate of drug-likeness (QED) is 0.263. The van der Waals surface area contributed by atoms with Gasteiger partial charge in [-0.05, 0) is 49.9 Å². The molecule has 1 aliphatic rings. The Labute approximate surface area is 242 Å². The number of para-hydroxylation sites is 1. The predicted molar refractivity (Wildman–Crippen MR) is 152 cm³/mol. The van der Waals surface area contributed by atoms with E-state index in [1.165, 1.54) is 19.3 Å². The standard InChI is InChI=1S/C27H35ClN4O2.C2HF3O2/c1-3-9-20(14-17-26(33)31(2)19-10-5-4-6-11-19)32-24-18-21(15-16-23(24)30-27(32)29)34-25-13-8-7-12-22(25)28;3-2(4,5)1(6)7/h7-8,12-13,15-16,18-20H,3-6,9-11,14,17H2,1-2H3,(H2,29,30);(H,6,7). The number of benzene rings is 2. The molecule has 1 atom stereocenters. The van der Waals surface area contributed by atoms with Crippen LogP contribution in [0, 0.1) is 0 Å². The molecule has 4 rings (SSSR count). The van der Waals surface area contributed by atoms with E-state index in [0.29, 0.717) is 34.9 Å². The summed E-state index contributed by atoms with van der Waals surface area (Å²) in [7, 11) is 1.96. The highest BCUT2D eigenvalue weighted by molar-refractivity contribution is 6.32. The van der Waals surface area contributed by atoms with Crippen molar-refractivity contribution in [1.82, 2.24) is 14.5 Å². The first-order chi connectivity index (χ1) is 19.4. The van der Waals surface area contributed by atoms with E-state index in [4.69, 9.17) is 32.0 Å². The molecule has 3 aromatic rings. The SMILES string of the molecule is CCCC(CCC(=O)N(C)C1CCCCC1)n1c(N)nc2ccc(Oc3ccccc3Cl)cc21.O=C(O)C(F)(F)F. The summed E-state index contributed by atoms with van der Waals surface area (Å²) < 4.78 is 39.9. The lowest BCUT2D eigenvalue weighted by atomic mass is 9.94. The van der Waals surface area contributed by atoms with Crippen molar-refractivity contribution in [2.24, 2.45) is 0 Å². The number of carbonyl (C=O) groups is 2. The van der Waals surface area contributed by atoms with Crippen LogP contribution in [0.4, 0.5) is 19.1 Å². The van der Waals surface area contributed by atoms with Gasteiger partial charge >= 0.3 is 12.1 Å². The molecular formula is C29H36ClF3N4O4. The number of nitrogens with two attached hydrogens (primary N) is 1. The average Bonchev–Trinajstić information content (AvgIpc) is 3.26. The molecular weight excluding hydrogens is 561 g/mol. The third-order valence-electron chi connectivity index (χ3n) is 7.19. The Morgan fingerprint density at radius 3 is 2.44 bits per heavy atom. The number of carboxylic acids is 1. The normalized spacial score (nSPS) is 14.7. The third kappa shape index (κ3) is 8.76. The fourth-order valence-electron chi connectivity index (χ4n) is 5.07. The third-order valence-corrected chi connectivity index (χ3v) is 7.50. The molecule has 0 aliphatic heterocycles. The Bertz CT molecular complexity index is 1330. The number of alkyl halides is 3. The van der Waals surface area contributed by atoms with Gasteiger partial charge in [0.25, 0.3) is 0 Å². The summed E-state index contributed by atoms with van der Waals surface area (Å²) in [5.74, 6) is -0.795. The maximum absolute atomic E-state index is 13.0. The van der Waals surface area contributed by atoms with Crippen LogP contribution in [-0.4, -0.2) is 50.7 Å². The second kappa shape index (κ2) is 14.4. The minimum absolute atomic E-state index is 0.0919. The maximum atomic E-state index is 13.0. The van der Waals surface area contributed by atoms with Crippen molar-refractivity contribution in [2.75, 3.05) is 12.8 Å². The van der Waals surface area contributed by atoms with Crippen LogP contribution in [-0.2, 0) is 9.59 Å². The zero-order valence-electron chi connectivity index (χ0n) is 23.2. The first-order valence-electron chi connectivity index (χ1n) is 13.7. The van der Waals surface area contributed by atoms with Gasteiger partial charge in [-0.25, -0.2) is 9.78 Å². The molecule has 1 aliphatic carbocycles. The van der Waals surface area contributed by atoms with E-state index in [1.54, 1.807) is 6.07 Å². The number of aromatic nitrogens is 2. The smallest absolute Gasteiger partial charge is 0.475 e. The van der Waals surface area contributed by atoms with E-state index < -0.39 is 12.1 Å². The van der Waals surface area contributed by atoms with Crippen molar-refractivity contribution in [3.8, 4) is 11.5 Å². The van der Waals surface area contributed by atoms with Gasteiger partial charge in [-0.3, -0.25) is 4.79 Å². The van der Waals surface area contributed by atoms with Gasteiger partial charge in [0.2, 0.25) is 11.9 Å². The number of carbonyl (C=O) groups excluding carboxylic acids is 1. The van der Waals surface area contributed by atoms with Crippen LogP contribution in [0.2, 0.25) is 5.02 Å². The van der Waals surface area contributed by atoms with Crippen LogP contribution in [0.5, 0.6) is 11.5 Å². The minimum atomic E-state index is -5.08. The summed E-state index contributed by atoms with van der Waals surface area (Å²) in [6.45, 7) is 2.16. The number of hydrogen-bond acceptors (Lipinski definition) is 5. The highest BCUT2D eigenvalue weighted by Gasteiger charge is 2.38. The fourth-order valence-corrected chi connectivity index (χ4v) is 5.24. The highest BCUT2D eigenvalue weighted by Crippen LogP contribution is 2.34. The van der Waals surface area contributed by atoms with Gasteiger partial charge in [-0.1, -0.05) is 56.3 Å². The number of anilines is 1. The molecule has 0 bridgehead atoms. The summed E-state index contributed by atoms with van der Waals surface area (Å²) in [6, 6.07) is 13.6. The molecule has 8 nitrogen and oxygen atoms in total.